The lowest BCUT2D eigenvalue weighted by atomic mass is 10.0. The lowest BCUT2D eigenvalue weighted by Gasteiger charge is -2.27. The van der Waals surface area contributed by atoms with Crippen molar-refractivity contribution < 1.29 is 17.1 Å². The Morgan fingerprint density at radius 3 is 3.17 bits per heavy atom. The molecule has 120 valence electrons. The molecule has 2 aromatic heterocycles. The average Bonchev–Trinajstić information content (AvgIpc) is 3.20. The standard InChI is InChI=1S/C17H18N4O.ClH/c1-11-13(19-10-18-11)9-21-8-7-15-16(17(21)22)12-5-3-4-6-14(12)20(15)2;/h3-6,10H,7-9H2,1-2H3,(H,18,19);1H/i1D3,2D3,9D2,10D;. The molecule has 0 radical (unpaired) electrons. The van der Waals surface area contributed by atoms with Gasteiger partial charge in [-0.05, 0) is 12.9 Å². The van der Waals surface area contributed by atoms with Crippen LogP contribution in [0, 0.1) is 6.85 Å². The third-order valence-electron chi connectivity index (χ3n) is 3.83. The molecule has 5 nitrogen and oxygen atoms in total. The van der Waals surface area contributed by atoms with Crippen molar-refractivity contribution in [2.75, 3.05) is 6.54 Å². The Bertz CT molecular complexity index is 1200. The van der Waals surface area contributed by atoms with Gasteiger partial charge < -0.3 is 14.5 Å². The maximum Gasteiger partial charge on any atom is 0.256 e. The van der Waals surface area contributed by atoms with Crippen LogP contribution in [0.2, 0.25) is 0 Å². The van der Waals surface area contributed by atoms with Crippen molar-refractivity contribution in [3.8, 4) is 0 Å². The van der Waals surface area contributed by atoms with Gasteiger partial charge in [0.05, 0.1) is 26.8 Å². The number of amides is 1. The minimum Gasteiger partial charge on any atom is -0.348 e. The first kappa shape index (κ1) is 8.02. The first-order chi connectivity index (χ1) is 14.2. The maximum absolute atomic E-state index is 13.4. The molecule has 0 spiro atoms. The predicted molar refractivity (Wildman–Crippen MR) is 91.9 cm³/mol. The number of para-hydroxylation sites is 1. The number of nitrogens with one attached hydrogen (secondary N) is 1. The molecule has 0 unspecified atom stereocenters. The van der Waals surface area contributed by atoms with Crippen LogP contribution >= 0.6 is 12.4 Å². The summed E-state index contributed by atoms with van der Waals surface area (Å²) in [4.78, 5) is 20.2. The number of H-pyrrole nitrogens is 1. The van der Waals surface area contributed by atoms with Gasteiger partial charge in [0, 0.05) is 50.5 Å². The molecule has 0 saturated heterocycles. The van der Waals surface area contributed by atoms with Crippen molar-refractivity contribution in [3.05, 3.63) is 53.2 Å². The number of halogens is 1. The first-order valence-electron chi connectivity index (χ1n) is 11.3. The van der Waals surface area contributed by atoms with Crippen LogP contribution in [0.15, 0.2) is 30.6 Å². The Kier molecular flexibility index (Phi) is 2.00. The summed E-state index contributed by atoms with van der Waals surface area (Å²) >= 11 is 0. The van der Waals surface area contributed by atoms with E-state index in [2.05, 4.69) is 9.97 Å². The van der Waals surface area contributed by atoms with Crippen molar-refractivity contribution in [1.29, 1.82) is 0 Å². The molecule has 0 saturated carbocycles. The van der Waals surface area contributed by atoms with Gasteiger partial charge in [-0.3, -0.25) is 4.79 Å². The number of nitrogens with zero attached hydrogens (tertiary/aromatic N) is 3. The summed E-state index contributed by atoms with van der Waals surface area (Å²) in [5, 5.41) is 0.373. The molecular formula is C17H19ClN4O. The zero-order chi connectivity index (χ0) is 22.9. The van der Waals surface area contributed by atoms with E-state index < -0.39 is 43.9 Å². The van der Waals surface area contributed by atoms with Crippen LogP contribution in [0.1, 0.15) is 39.8 Å². The Hall–Kier alpha value is -2.27. The molecule has 3 heterocycles. The van der Waals surface area contributed by atoms with Crippen LogP contribution in [-0.4, -0.2) is 31.9 Å². The van der Waals surface area contributed by atoms with E-state index in [4.69, 9.17) is 12.3 Å². The third-order valence-corrected chi connectivity index (χ3v) is 3.83. The number of aromatic nitrogens is 3. The molecule has 3 aromatic rings. The van der Waals surface area contributed by atoms with Crippen molar-refractivity contribution in [3.63, 3.8) is 0 Å². The predicted octanol–water partition coefficient (Wildman–Crippen LogP) is 2.83. The van der Waals surface area contributed by atoms with Crippen LogP contribution < -0.4 is 0 Å². The highest BCUT2D eigenvalue weighted by Crippen LogP contribution is 2.30. The molecule has 1 aromatic carbocycles. The number of rotatable bonds is 2. The van der Waals surface area contributed by atoms with Crippen molar-refractivity contribution in [2.45, 2.75) is 19.8 Å². The van der Waals surface area contributed by atoms with Gasteiger partial charge in [-0.1, -0.05) is 18.2 Å². The van der Waals surface area contributed by atoms with Crippen LogP contribution in [0.25, 0.3) is 10.9 Å². The van der Waals surface area contributed by atoms with E-state index in [1.54, 1.807) is 24.3 Å². The third kappa shape index (κ3) is 2.32. The van der Waals surface area contributed by atoms with Crippen LogP contribution in [0.4, 0.5) is 0 Å². The second-order valence-corrected chi connectivity index (χ2v) is 5.07. The smallest absolute Gasteiger partial charge is 0.256 e. The molecule has 4 rings (SSSR count). The quantitative estimate of drug-likeness (QED) is 0.780. The number of fused-ring (bicyclic) bond motifs is 3. The SMILES string of the molecule is Cl.[2H]c1nc(C([2H])([2H])N2CCc3c(c4ccccc4n3C([2H])([2H])[2H])C2=O)c(C([2H])([2H])[2H])[nH]1. The fourth-order valence-corrected chi connectivity index (χ4v) is 2.79. The lowest BCUT2D eigenvalue weighted by Crippen LogP contribution is -2.37. The average molecular weight is 340 g/mol. The molecule has 1 aliphatic rings. The topological polar surface area (TPSA) is 53.9 Å². The molecule has 1 aliphatic heterocycles. The van der Waals surface area contributed by atoms with E-state index >= 15 is 0 Å². The second kappa shape index (κ2) is 5.74. The van der Waals surface area contributed by atoms with Gasteiger partial charge in [0.15, 0.2) is 0 Å². The van der Waals surface area contributed by atoms with E-state index in [-0.39, 0.29) is 36.6 Å². The van der Waals surface area contributed by atoms with Crippen molar-refractivity contribution in [1.82, 2.24) is 19.4 Å². The molecule has 0 aliphatic carbocycles. The number of aryl methyl sites for hydroxylation is 2. The fourth-order valence-electron chi connectivity index (χ4n) is 2.79. The highest BCUT2D eigenvalue weighted by atomic mass is 35.5. The van der Waals surface area contributed by atoms with Gasteiger partial charge in [0.2, 0.25) is 0 Å². The summed E-state index contributed by atoms with van der Waals surface area (Å²) in [6.07, 6.45) is -0.483. The summed E-state index contributed by atoms with van der Waals surface area (Å²) in [5.41, 5.74) is -0.434. The largest absolute Gasteiger partial charge is 0.348 e. The zero-order valence-corrected chi connectivity index (χ0v) is 12.7. The van der Waals surface area contributed by atoms with E-state index in [0.29, 0.717) is 10.9 Å². The number of hydrogen-bond acceptors (Lipinski definition) is 2. The number of carbonyl (C=O) groups excluding carboxylic acids is 1. The van der Waals surface area contributed by atoms with Gasteiger partial charge in [-0.2, -0.15) is 0 Å². The molecule has 0 fully saturated rings. The number of carbonyl (C=O) groups is 1. The van der Waals surface area contributed by atoms with Gasteiger partial charge >= 0.3 is 0 Å². The van der Waals surface area contributed by atoms with Gasteiger partial charge in [0.25, 0.3) is 5.91 Å². The van der Waals surface area contributed by atoms with E-state index in [9.17, 15) is 4.79 Å². The molecule has 23 heavy (non-hydrogen) atoms. The summed E-state index contributed by atoms with van der Waals surface area (Å²) in [5.74, 6) is -0.767. The molecular weight excluding hydrogens is 312 g/mol. The van der Waals surface area contributed by atoms with E-state index in [0.717, 1.165) is 9.47 Å². The second-order valence-electron chi connectivity index (χ2n) is 5.07. The number of aromatic amines is 1. The van der Waals surface area contributed by atoms with E-state index in [1.807, 2.05) is 0 Å². The maximum atomic E-state index is 13.4. The minimum absolute atomic E-state index is 0. The van der Waals surface area contributed by atoms with Gasteiger partial charge in [-0.25, -0.2) is 4.98 Å². The highest BCUT2D eigenvalue weighted by molar-refractivity contribution is 6.09. The number of imidazole rings is 1. The summed E-state index contributed by atoms with van der Waals surface area (Å²) in [6, 6.07) is 6.48. The highest BCUT2D eigenvalue weighted by Gasteiger charge is 2.30. The Morgan fingerprint density at radius 2 is 2.35 bits per heavy atom. The Morgan fingerprint density at radius 1 is 1.48 bits per heavy atom. The number of hydrogen-bond donors (Lipinski definition) is 1. The minimum atomic E-state index is -2.77. The monoisotopic (exact) mass is 339 g/mol. The molecule has 1 N–H and O–H groups in total. The molecule has 1 amide bonds. The van der Waals surface area contributed by atoms with Gasteiger partial charge in [-0.15, -0.1) is 12.4 Å². The van der Waals surface area contributed by atoms with Crippen LogP contribution in [0.5, 0.6) is 0 Å². The first-order valence-corrected chi connectivity index (χ1v) is 6.77. The summed E-state index contributed by atoms with van der Waals surface area (Å²) in [6.45, 7) is -8.13. The summed E-state index contributed by atoms with van der Waals surface area (Å²) < 4.78 is 72.3. The Labute approximate surface area is 153 Å². The molecule has 0 atom stereocenters. The Balaban J connectivity index is 0.00000289. The zero-order valence-electron chi connectivity index (χ0n) is 20.9. The van der Waals surface area contributed by atoms with Crippen LogP contribution in [-0.2, 0) is 19.9 Å². The molecule has 6 heteroatoms. The van der Waals surface area contributed by atoms with E-state index in [1.165, 1.54) is 0 Å². The fraction of sp³-hybridized carbons (Fsp3) is 0.294. The normalized spacial score (nSPS) is 21.5. The van der Waals surface area contributed by atoms with Crippen molar-refractivity contribution in [2.24, 2.45) is 6.98 Å². The number of benzene rings is 1. The van der Waals surface area contributed by atoms with Crippen molar-refractivity contribution >= 4 is 29.2 Å². The lowest BCUT2D eigenvalue weighted by molar-refractivity contribution is 0.0725. The van der Waals surface area contributed by atoms with Crippen LogP contribution in [0.3, 0.4) is 0 Å². The molecule has 0 bridgehead atoms. The summed E-state index contributed by atoms with van der Waals surface area (Å²) in [7, 11) is 0. The van der Waals surface area contributed by atoms with Gasteiger partial charge in [0.1, 0.15) is 1.37 Å².